The molecular formula is C37H51N3O4. The van der Waals surface area contributed by atoms with Crippen molar-refractivity contribution in [2.45, 2.75) is 105 Å². The van der Waals surface area contributed by atoms with Gasteiger partial charge in [-0.25, -0.2) is 4.79 Å². The van der Waals surface area contributed by atoms with E-state index in [1.165, 1.54) is 0 Å². The molecule has 3 unspecified atom stereocenters. The zero-order chi connectivity index (χ0) is 32.4. The molecule has 7 nitrogen and oxygen atoms in total. The van der Waals surface area contributed by atoms with Crippen molar-refractivity contribution in [3.8, 4) is 0 Å². The van der Waals surface area contributed by atoms with Crippen LogP contribution in [-0.4, -0.2) is 41.0 Å². The molecule has 0 spiro atoms. The number of anilines is 1. The van der Waals surface area contributed by atoms with Crippen LogP contribution in [0.1, 0.15) is 96.4 Å². The fraction of sp³-hybridized carbons (Fsp3) is 0.486. The van der Waals surface area contributed by atoms with Crippen LogP contribution >= 0.6 is 0 Å². The Labute approximate surface area is 263 Å². The molecule has 0 aliphatic heterocycles. The van der Waals surface area contributed by atoms with Crippen LogP contribution in [0.2, 0.25) is 0 Å². The Morgan fingerprint density at radius 2 is 1.59 bits per heavy atom. The molecule has 0 aromatic heterocycles. The summed E-state index contributed by atoms with van der Waals surface area (Å²) in [4.78, 5) is 43.7. The Hall–Kier alpha value is -3.87. The normalized spacial score (nSPS) is 13.5. The first-order valence-corrected chi connectivity index (χ1v) is 16.0. The lowest BCUT2D eigenvalue weighted by molar-refractivity contribution is -0.142. The monoisotopic (exact) mass is 601 g/mol. The number of aryl methyl sites for hydroxylation is 2. The van der Waals surface area contributed by atoms with Gasteiger partial charge < -0.3 is 20.3 Å². The summed E-state index contributed by atoms with van der Waals surface area (Å²) in [6.45, 7) is 15.8. The molecule has 0 heterocycles. The number of alkyl carbamates (subject to hydrolysis) is 1. The number of benzene rings is 3. The van der Waals surface area contributed by atoms with Crippen molar-refractivity contribution in [3.63, 3.8) is 0 Å². The molecule has 0 saturated heterocycles. The maximum Gasteiger partial charge on any atom is 0.408 e. The summed E-state index contributed by atoms with van der Waals surface area (Å²) in [6, 6.07) is 18.0. The van der Waals surface area contributed by atoms with Crippen molar-refractivity contribution < 1.29 is 19.1 Å². The van der Waals surface area contributed by atoms with Crippen molar-refractivity contribution in [3.05, 3.63) is 77.4 Å². The minimum absolute atomic E-state index is 0.184. The summed E-state index contributed by atoms with van der Waals surface area (Å²) < 4.78 is 5.55. The SMILES string of the molecule is CCCCCCN(C(=O)C(NC(=O)OC(C)(C)C)C(C)CC)C(C(=O)Nc1ccc2ccccc2c1)c1cc(C)ccc1C. The van der Waals surface area contributed by atoms with Gasteiger partial charge in [-0.1, -0.05) is 101 Å². The van der Waals surface area contributed by atoms with E-state index in [0.717, 1.165) is 53.1 Å². The topological polar surface area (TPSA) is 87.7 Å². The van der Waals surface area contributed by atoms with E-state index in [4.69, 9.17) is 4.74 Å². The third-order valence-corrected chi connectivity index (χ3v) is 7.99. The molecule has 2 N–H and O–H groups in total. The highest BCUT2D eigenvalue weighted by molar-refractivity contribution is 6.00. The fourth-order valence-electron chi connectivity index (χ4n) is 5.35. The van der Waals surface area contributed by atoms with E-state index in [1.54, 1.807) is 25.7 Å². The van der Waals surface area contributed by atoms with Crippen LogP contribution < -0.4 is 10.6 Å². The number of ether oxygens (including phenoxy) is 1. The van der Waals surface area contributed by atoms with Gasteiger partial charge in [-0.3, -0.25) is 9.59 Å². The van der Waals surface area contributed by atoms with Gasteiger partial charge in [0.05, 0.1) is 0 Å². The van der Waals surface area contributed by atoms with Crippen LogP contribution in [0.15, 0.2) is 60.7 Å². The molecule has 0 aliphatic carbocycles. The number of carbonyl (C=O) groups is 3. The highest BCUT2D eigenvalue weighted by atomic mass is 16.6. The van der Waals surface area contributed by atoms with E-state index in [-0.39, 0.29) is 17.7 Å². The predicted molar refractivity (Wildman–Crippen MR) is 180 cm³/mol. The second-order valence-electron chi connectivity index (χ2n) is 12.9. The molecule has 0 fully saturated rings. The molecule has 0 saturated carbocycles. The quantitative estimate of drug-likeness (QED) is 0.192. The minimum Gasteiger partial charge on any atom is -0.444 e. The number of nitrogens with one attached hydrogen (secondary N) is 2. The maximum absolute atomic E-state index is 14.6. The largest absolute Gasteiger partial charge is 0.444 e. The van der Waals surface area contributed by atoms with Gasteiger partial charge in [0.1, 0.15) is 17.7 Å². The first-order chi connectivity index (χ1) is 20.8. The fourth-order valence-corrected chi connectivity index (χ4v) is 5.35. The van der Waals surface area contributed by atoms with E-state index in [0.29, 0.717) is 18.7 Å². The molecule has 44 heavy (non-hydrogen) atoms. The van der Waals surface area contributed by atoms with Gasteiger partial charge in [0, 0.05) is 12.2 Å². The van der Waals surface area contributed by atoms with E-state index in [1.807, 2.05) is 88.4 Å². The molecule has 0 bridgehead atoms. The Morgan fingerprint density at radius 3 is 2.25 bits per heavy atom. The van der Waals surface area contributed by atoms with Gasteiger partial charge in [0.25, 0.3) is 5.91 Å². The number of carbonyl (C=O) groups excluding carboxylic acids is 3. The number of unbranched alkanes of at least 4 members (excludes halogenated alkanes) is 3. The van der Waals surface area contributed by atoms with Gasteiger partial charge in [0.2, 0.25) is 5.91 Å². The van der Waals surface area contributed by atoms with Gasteiger partial charge in [-0.05, 0) is 81.0 Å². The first-order valence-electron chi connectivity index (χ1n) is 16.0. The van der Waals surface area contributed by atoms with Crippen LogP contribution in [-0.2, 0) is 14.3 Å². The van der Waals surface area contributed by atoms with Gasteiger partial charge >= 0.3 is 6.09 Å². The summed E-state index contributed by atoms with van der Waals surface area (Å²) in [6.07, 6.45) is 3.76. The summed E-state index contributed by atoms with van der Waals surface area (Å²) in [7, 11) is 0. The van der Waals surface area contributed by atoms with E-state index in [9.17, 15) is 14.4 Å². The minimum atomic E-state index is -0.900. The van der Waals surface area contributed by atoms with Crippen LogP contribution in [0.3, 0.4) is 0 Å². The zero-order valence-electron chi connectivity index (χ0n) is 27.8. The maximum atomic E-state index is 14.6. The first kappa shape index (κ1) is 34.6. The summed E-state index contributed by atoms with van der Waals surface area (Å²) in [5.41, 5.74) is 2.63. The van der Waals surface area contributed by atoms with Crippen molar-refractivity contribution in [1.29, 1.82) is 0 Å². The Balaban J connectivity index is 2.09. The van der Waals surface area contributed by atoms with E-state index < -0.39 is 23.8 Å². The van der Waals surface area contributed by atoms with Crippen molar-refractivity contribution >= 4 is 34.4 Å². The lowest BCUT2D eigenvalue weighted by Crippen LogP contribution is -2.55. The number of amides is 3. The van der Waals surface area contributed by atoms with Crippen LogP contribution in [0, 0.1) is 19.8 Å². The standard InChI is InChI=1S/C37H51N3O4/c1-9-11-12-15-22-40(35(42)32(26(4)10-2)39-36(43)44-37(6,7)8)33(31-23-25(3)18-19-27(31)5)34(41)38-30-21-20-28-16-13-14-17-29(28)24-30/h13-14,16-21,23-24,26,32-33H,9-12,15,22H2,1-8H3,(H,38,41)(H,39,43). The molecule has 3 aromatic rings. The third kappa shape index (κ3) is 9.57. The number of hydrogen-bond donors (Lipinski definition) is 2. The van der Waals surface area contributed by atoms with Crippen molar-refractivity contribution in [1.82, 2.24) is 10.2 Å². The molecule has 7 heteroatoms. The molecule has 3 aromatic carbocycles. The summed E-state index contributed by atoms with van der Waals surface area (Å²) >= 11 is 0. The lowest BCUT2D eigenvalue weighted by atomic mass is 9.93. The third-order valence-electron chi connectivity index (χ3n) is 7.99. The Kier molecular flexibility index (Phi) is 12.4. The number of nitrogens with zero attached hydrogens (tertiary/aromatic N) is 1. The van der Waals surface area contributed by atoms with Crippen LogP contribution in [0.25, 0.3) is 10.8 Å². The molecular weight excluding hydrogens is 550 g/mol. The molecule has 238 valence electrons. The molecule has 3 atom stereocenters. The Bertz CT molecular complexity index is 1430. The van der Waals surface area contributed by atoms with Gasteiger partial charge in [-0.15, -0.1) is 0 Å². The smallest absolute Gasteiger partial charge is 0.408 e. The van der Waals surface area contributed by atoms with E-state index in [2.05, 4.69) is 17.6 Å². The average Bonchev–Trinajstić information content (AvgIpc) is 2.97. The molecule has 0 radical (unpaired) electrons. The van der Waals surface area contributed by atoms with Crippen molar-refractivity contribution in [2.24, 2.45) is 5.92 Å². The zero-order valence-corrected chi connectivity index (χ0v) is 27.8. The van der Waals surface area contributed by atoms with Crippen molar-refractivity contribution in [2.75, 3.05) is 11.9 Å². The van der Waals surface area contributed by atoms with Crippen LogP contribution in [0.4, 0.5) is 10.5 Å². The summed E-state index contributed by atoms with van der Waals surface area (Å²) in [5.74, 6) is -0.768. The van der Waals surface area contributed by atoms with Gasteiger partial charge in [-0.2, -0.15) is 0 Å². The lowest BCUT2D eigenvalue weighted by Gasteiger charge is -2.36. The van der Waals surface area contributed by atoms with Gasteiger partial charge in [0.15, 0.2) is 0 Å². The summed E-state index contributed by atoms with van der Waals surface area (Å²) in [5, 5.41) is 8.08. The second-order valence-corrected chi connectivity index (χ2v) is 12.9. The molecule has 3 rings (SSSR count). The number of fused-ring (bicyclic) bond motifs is 1. The molecule has 0 aliphatic rings. The Morgan fingerprint density at radius 1 is 0.886 bits per heavy atom. The predicted octanol–water partition coefficient (Wildman–Crippen LogP) is 8.48. The highest BCUT2D eigenvalue weighted by Gasteiger charge is 2.38. The molecule has 3 amide bonds. The highest BCUT2D eigenvalue weighted by Crippen LogP contribution is 2.30. The number of rotatable bonds is 13. The average molecular weight is 602 g/mol. The number of hydrogen-bond acceptors (Lipinski definition) is 4. The van der Waals surface area contributed by atoms with E-state index >= 15 is 0 Å². The van der Waals surface area contributed by atoms with Crippen LogP contribution in [0.5, 0.6) is 0 Å². The second kappa shape index (κ2) is 15.7.